The minimum Gasteiger partial charge on any atom is -0.486 e. The van der Waals surface area contributed by atoms with Gasteiger partial charge >= 0.3 is 0 Å². The number of aromatic nitrogens is 6. The van der Waals surface area contributed by atoms with E-state index in [-0.39, 0.29) is 5.54 Å². The molecule has 3 aromatic heterocycles. The van der Waals surface area contributed by atoms with Crippen LogP contribution in [0.5, 0.6) is 5.75 Å². The van der Waals surface area contributed by atoms with Crippen LogP contribution in [0.2, 0.25) is 5.02 Å². The van der Waals surface area contributed by atoms with Crippen molar-refractivity contribution in [3.8, 4) is 17.0 Å². The molecule has 1 N–H and O–H groups in total. The van der Waals surface area contributed by atoms with E-state index in [1.807, 2.05) is 65.5 Å². The number of nitrogens with zero attached hydrogens (tertiary/aromatic N) is 7. The van der Waals surface area contributed by atoms with Crippen molar-refractivity contribution in [2.24, 2.45) is 0 Å². The number of pyridine rings is 1. The second-order valence-electron chi connectivity index (χ2n) is 10.6. The summed E-state index contributed by atoms with van der Waals surface area (Å²) >= 11 is 6.53. The fraction of sp³-hybridized carbons (Fsp3) is 0.276. The van der Waals surface area contributed by atoms with Crippen molar-refractivity contribution in [3.05, 3.63) is 84.0 Å². The minimum absolute atomic E-state index is 0.166. The molecule has 0 spiro atoms. The maximum absolute atomic E-state index is 6.53. The normalized spacial score (nSPS) is 14.4. The number of hydrogen-bond donors (Lipinski definition) is 1. The van der Waals surface area contributed by atoms with E-state index in [0.717, 1.165) is 46.6 Å². The van der Waals surface area contributed by atoms with Crippen LogP contribution in [-0.4, -0.2) is 53.5 Å². The molecule has 0 radical (unpaired) electrons. The summed E-state index contributed by atoms with van der Waals surface area (Å²) in [6, 6.07) is 17.6. The largest absolute Gasteiger partial charge is 0.486 e. The summed E-state index contributed by atoms with van der Waals surface area (Å²) in [4.78, 5) is 15.7. The quantitative estimate of drug-likeness (QED) is 0.272. The van der Waals surface area contributed by atoms with Crippen molar-refractivity contribution >= 4 is 34.0 Å². The van der Waals surface area contributed by atoms with Gasteiger partial charge in [-0.25, -0.2) is 14.6 Å². The fourth-order valence-corrected chi connectivity index (χ4v) is 4.78. The third-order valence-electron chi connectivity index (χ3n) is 6.92. The standard InChI is InChI=1S/C29H29ClN8O/c1-29(2,3)37-14-22(15-37)38-16-26(35-36-38)19-7-9-25-23(12-19)28(33-18-32-25)34-20-8-10-27(24(30)13-20)39-17-21-6-4-5-11-31-21/h4-13,16,18,22H,14-15,17H2,1-3H3,(H,32,33,34). The number of fused-ring (bicyclic) bond motifs is 1. The predicted octanol–water partition coefficient (Wildman–Crippen LogP) is 5.91. The number of halogens is 1. The van der Waals surface area contributed by atoms with Gasteiger partial charge in [-0.2, -0.15) is 0 Å². The van der Waals surface area contributed by atoms with Crippen LogP contribution in [0.15, 0.2) is 73.3 Å². The molecule has 1 aliphatic rings. The number of rotatable bonds is 7. The molecule has 10 heteroatoms. The molecule has 9 nitrogen and oxygen atoms in total. The van der Waals surface area contributed by atoms with Crippen LogP contribution in [0, 0.1) is 0 Å². The zero-order chi connectivity index (χ0) is 27.0. The fourth-order valence-electron chi connectivity index (χ4n) is 4.54. The van der Waals surface area contributed by atoms with Gasteiger partial charge in [-0.05, 0) is 63.2 Å². The van der Waals surface area contributed by atoms with Gasteiger partial charge in [0.2, 0.25) is 0 Å². The predicted molar refractivity (Wildman–Crippen MR) is 152 cm³/mol. The van der Waals surface area contributed by atoms with Gasteiger partial charge in [-0.1, -0.05) is 28.9 Å². The summed E-state index contributed by atoms with van der Waals surface area (Å²) in [5, 5.41) is 13.6. The van der Waals surface area contributed by atoms with Crippen molar-refractivity contribution in [2.45, 2.75) is 39.0 Å². The Morgan fingerprint density at radius 1 is 1.03 bits per heavy atom. The third-order valence-corrected chi connectivity index (χ3v) is 7.22. The van der Waals surface area contributed by atoms with E-state index in [9.17, 15) is 0 Å². The third kappa shape index (κ3) is 5.41. The van der Waals surface area contributed by atoms with Crippen molar-refractivity contribution < 1.29 is 4.74 Å². The first kappa shape index (κ1) is 25.2. The Kier molecular flexibility index (Phi) is 6.62. The molecule has 4 heterocycles. The molecule has 1 saturated heterocycles. The van der Waals surface area contributed by atoms with E-state index in [1.165, 1.54) is 0 Å². The lowest BCUT2D eigenvalue weighted by molar-refractivity contribution is 0.0148. The molecule has 1 fully saturated rings. The van der Waals surface area contributed by atoms with E-state index < -0.39 is 0 Å². The van der Waals surface area contributed by atoms with E-state index in [1.54, 1.807) is 12.5 Å². The minimum atomic E-state index is 0.166. The molecule has 0 saturated carbocycles. The average Bonchev–Trinajstić information content (AvgIpc) is 3.37. The van der Waals surface area contributed by atoms with Crippen molar-refractivity contribution in [1.82, 2.24) is 34.8 Å². The first-order valence-corrected chi connectivity index (χ1v) is 13.2. The van der Waals surface area contributed by atoms with Crippen LogP contribution in [0.4, 0.5) is 11.5 Å². The number of anilines is 2. The molecule has 2 aromatic carbocycles. The zero-order valence-electron chi connectivity index (χ0n) is 22.0. The van der Waals surface area contributed by atoms with Gasteiger partial charge in [-0.3, -0.25) is 9.88 Å². The molecule has 6 rings (SSSR count). The van der Waals surface area contributed by atoms with Gasteiger partial charge in [0.1, 0.15) is 30.2 Å². The van der Waals surface area contributed by atoms with Crippen LogP contribution < -0.4 is 10.1 Å². The second-order valence-corrected chi connectivity index (χ2v) is 11.1. The second kappa shape index (κ2) is 10.2. The Morgan fingerprint density at radius 3 is 2.67 bits per heavy atom. The lowest BCUT2D eigenvalue weighted by atomic mass is 9.98. The molecule has 5 aromatic rings. The molecule has 1 aliphatic heterocycles. The van der Waals surface area contributed by atoms with E-state index in [0.29, 0.717) is 29.2 Å². The molecule has 0 atom stereocenters. The topological polar surface area (TPSA) is 93.9 Å². The van der Waals surface area contributed by atoms with Gasteiger partial charge in [0.25, 0.3) is 0 Å². The summed E-state index contributed by atoms with van der Waals surface area (Å²) in [5.74, 6) is 1.26. The average molecular weight is 541 g/mol. The SMILES string of the molecule is CC(C)(C)N1CC(n2cc(-c3ccc4ncnc(Nc5ccc(OCc6ccccn6)c(Cl)c5)c4c3)nn2)C1. The monoisotopic (exact) mass is 540 g/mol. The molecule has 39 heavy (non-hydrogen) atoms. The van der Waals surface area contributed by atoms with Crippen LogP contribution in [0.1, 0.15) is 32.5 Å². The lowest BCUT2D eigenvalue weighted by Crippen LogP contribution is -2.56. The zero-order valence-corrected chi connectivity index (χ0v) is 22.8. The number of likely N-dealkylation sites (tertiary alicyclic amines) is 1. The molecule has 198 valence electrons. The van der Waals surface area contributed by atoms with Gasteiger partial charge in [0.15, 0.2) is 0 Å². The van der Waals surface area contributed by atoms with Gasteiger partial charge in [-0.15, -0.1) is 5.10 Å². The Balaban J connectivity index is 1.19. The van der Waals surface area contributed by atoms with Crippen LogP contribution in [0.3, 0.4) is 0 Å². The van der Waals surface area contributed by atoms with Gasteiger partial charge in [0, 0.05) is 41.5 Å². The van der Waals surface area contributed by atoms with E-state index in [4.69, 9.17) is 16.3 Å². The summed E-state index contributed by atoms with van der Waals surface area (Å²) in [5.41, 5.74) is 4.38. The Labute approximate surface area is 231 Å². The molecule has 0 unspecified atom stereocenters. The Bertz CT molecular complexity index is 1610. The maximum Gasteiger partial charge on any atom is 0.141 e. The Morgan fingerprint density at radius 2 is 1.90 bits per heavy atom. The van der Waals surface area contributed by atoms with Crippen molar-refractivity contribution in [2.75, 3.05) is 18.4 Å². The molecule has 0 aliphatic carbocycles. The highest BCUT2D eigenvalue weighted by Gasteiger charge is 2.36. The lowest BCUT2D eigenvalue weighted by Gasteiger charge is -2.47. The van der Waals surface area contributed by atoms with Gasteiger partial charge in [0.05, 0.1) is 28.5 Å². The van der Waals surface area contributed by atoms with Gasteiger partial charge < -0.3 is 10.1 Å². The summed E-state index contributed by atoms with van der Waals surface area (Å²) < 4.78 is 7.83. The van der Waals surface area contributed by atoms with E-state index in [2.05, 4.69) is 56.3 Å². The van der Waals surface area contributed by atoms with Crippen molar-refractivity contribution in [1.29, 1.82) is 0 Å². The summed E-state index contributed by atoms with van der Waals surface area (Å²) in [7, 11) is 0. The number of benzene rings is 2. The first-order valence-electron chi connectivity index (χ1n) is 12.8. The number of nitrogens with one attached hydrogen (secondary N) is 1. The van der Waals surface area contributed by atoms with Crippen molar-refractivity contribution in [3.63, 3.8) is 0 Å². The summed E-state index contributed by atoms with van der Waals surface area (Å²) in [6.07, 6.45) is 5.30. The summed E-state index contributed by atoms with van der Waals surface area (Å²) in [6.45, 7) is 8.99. The highest BCUT2D eigenvalue weighted by molar-refractivity contribution is 6.32. The smallest absolute Gasteiger partial charge is 0.141 e. The highest BCUT2D eigenvalue weighted by Crippen LogP contribution is 2.33. The first-order chi connectivity index (χ1) is 18.8. The van der Waals surface area contributed by atoms with E-state index >= 15 is 0 Å². The molecular weight excluding hydrogens is 512 g/mol. The number of ether oxygens (including phenoxy) is 1. The molecule has 0 bridgehead atoms. The van der Waals surface area contributed by atoms with Crippen LogP contribution in [0.25, 0.3) is 22.2 Å². The van der Waals surface area contributed by atoms with Crippen LogP contribution in [-0.2, 0) is 6.61 Å². The van der Waals surface area contributed by atoms with Crippen LogP contribution >= 0.6 is 11.6 Å². The molecular formula is C29H29ClN8O. The Hall–Kier alpha value is -4.08. The number of hydrogen-bond acceptors (Lipinski definition) is 8. The maximum atomic E-state index is 6.53. The highest BCUT2D eigenvalue weighted by atomic mass is 35.5. The molecule has 0 amide bonds.